The van der Waals surface area contributed by atoms with Crippen LogP contribution in [0.25, 0.3) is 5.52 Å². The van der Waals surface area contributed by atoms with Crippen molar-refractivity contribution in [3.8, 4) is 0 Å². The molecule has 2 aromatic rings. The smallest absolute Gasteiger partial charge is 0.252 e. The van der Waals surface area contributed by atoms with E-state index in [1.54, 1.807) is 0 Å². The zero-order valence-electron chi connectivity index (χ0n) is 14.9. The van der Waals surface area contributed by atoms with Crippen molar-refractivity contribution >= 4 is 11.4 Å². The highest BCUT2D eigenvalue weighted by molar-refractivity contribution is 5.94. The van der Waals surface area contributed by atoms with Crippen LogP contribution < -0.4 is 5.32 Å². The van der Waals surface area contributed by atoms with Gasteiger partial charge in [-0.1, -0.05) is 0 Å². The minimum Gasteiger partial charge on any atom is -0.381 e. The number of rotatable bonds is 4. The summed E-state index contributed by atoms with van der Waals surface area (Å²) in [6.45, 7) is 7.18. The molecule has 0 bridgehead atoms. The molecule has 4 rings (SSSR count). The summed E-state index contributed by atoms with van der Waals surface area (Å²) >= 11 is 0. The molecule has 0 radical (unpaired) electrons. The van der Waals surface area contributed by atoms with Crippen molar-refractivity contribution in [3.05, 3.63) is 41.7 Å². The summed E-state index contributed by atoms with van der Waals surface area (Å²) in [7, 11) is 0. The molecule has 134 valence electrons. The molecule has 2 aromatic heterocycles. The van der Waals surface area contributed by atoms with Crippen LogP contribution in [0.2, 0.25) is 0 Å². The Hall–Kier alpha value is -1.85. The maximum atomic E-state index is 12.6. The molecule has 1 N–H and O–H groups in total. The molecule has 5 heteroatoms. The van der Waals surface area contributed by atoms with Gasteiger partial charge in [-0.2, -0.15) is 0 Å². The molecule has 1 amide bonds. The highest BCUT2D eigenvalue weighted by Gasteiger charge is 2.24. The molecule has 5 nitrogen and oxygen atoms in total. The van der Waals surface area contributed by atoms with Gasteiger partial charge in [-0.3, -0.25) is 4.79 Å². The van der Waals surface area contributed by atoms with E-state index in [0.717, 1.165) is 56.8 Å². The van der Waals surface area contributed by atoms with E-state index in [9.17, 15) is 4.79 Å². The van der Waals surface area contributed by atoms with Crippen LogP contribution in [0, 0.1) is 12.8 Å². The molecule has 0 aromatic carbocycles. The van der Waals surface area contributed by atoms with Crippen LogP contribution >= 0.6 is 0 Å². The van der Waals surface area contributed by atoms with Gasteiger partial charge in [0.2, 0.25) is 0 Å². The SMILES string of the molecule is Cc1cc2ccc(C(=O)NC3CCN(C[C@H]4CCOC4)CC3)cn2c1. The molecule has 0 aliphatic carbocycles. The number of amides is 1. The van der Waals surface area contributed by atoms with Crippen molar-refractivity contribution in [2.75, 3.05) is 32.8 Å². The van der Waals surface area contributed by atoms with Crippen molar-refractivity contribution in [2.24, 2.45) is 5.92 Å². The Balaban J connectivity index is 1.30. The number of likely N-dealkylation sites (tertiary alicyclic amines) is 1. The molecule has 2 aliphatic heterocycles. The standard InChI is InChI=1S/C20H27N3O2/c1-15-10-19-3-2-17(13-23(19)11-15)20(24)21-18-4-7-22(8-5-18)12-16-6-9-25-14-16/h2-3,10-11,13,16,18H,4-9,12,14H2,1H3,(H,21,24)/t16-/m1/s1. The number of carbonyl (C=O) groups is 1. The Kier molecular flexibility index (Phi) is 4.77. The third-order valence-corrected chi connectivity index (χ3v) is 5.45. The van der Waals surface area contributed by atoms with E-state index in [-0.39, 0.29) is 11.9 Å². The number of aryl methyl sites for hydroxylation is 1. The zero-order chi connectivity index (χ0) is 17.2. The Labute approximate surface area is 149 Å². The third kappa shape index (κ3) is 3.88. The Bertz CT molecular complexity index is 740. The van der Waals surface area contributed by atoms with E-state index >= 15 is 0 Å². The average Bonchev–Trinajstić information content (AvgIpc) is 3.24. The first-order valence-electron chi connectivity index (χ1n) is 9.37. The predicted molar refractivity (Wildman–Crippen MR) is 98.0 cm³/mol. The number of nitrogens with one attached hydrogen (secondary N) is 1. The lowest BCUT2D eigenvalue weighted by Gasteiger charge is -2.33. The summed E-state index contributed by atoms with van der Waals surface area (Å²) in [6.07, 6.45) is 7.23. The maximum Gasteiger partial charge on any atom is 0.252 e. The Morgan fingerprint density at radius 2 is 2.08 bits per heavy atom. The van der Waals surface area contributed by atoms with Gasteiger partial charge in [-0.05, 0) is 55.9 Å². The number of hydrogen-bond acceptors (Lipinski definition) is 3. The highest BCUT2D eigenvalue weighted by Crippen LogP contribution is 2.18. The molecule has 0 saturated carbocycles. The maximum absolute atomic E-state index is 12.6. The minimum atomic E-state index is 0.0379. The van der Waals surface area contributed by atoms with Gasteiger partial charge in [0, 0.05) is 50.2 Å². The van der Waals surface area contributed by atoms with Crippen LogP contribution in [0.1, 0.15) is 35.2 Å². The first-order chi connectivity index (χ1) is 12.2. The second-order valence-electron chi connectivity index (χ2n) is 7.55. The van der Waals surface area contributed by atoms with E-state index in [1.165, 1.54) is 12.0 Å². The van der Waals surface area contributed by atoms with Crippen LogP contribution in [-0.2, 0) is 4.74 Å². The lowest BCUT2D eigenvalue weighted by molar-refractivity contribution is 0.0903. The molecule has 0 spiro atoms. The zero-order valence-corrected chi connectivity index (χ0v) is 14.9. The average molecular weight is 341 g/mol. The first kappa shape index (κ1) is 16.6. The highest BCUT2D eigenvalue weighted by atomic mass is 16.5. The molecule has 2 fully saturated rings. The number of ether oxygens (including phenoxy) is 1. The van der Waals surface area contributed by atoms with Gasteiger partial charge >= 0.3 is 0 Å². The van der Waals surface area contributed by atoms with Gasteiger partial charge in [0.1, 0.15) is 0 Å². The van der Waals surface area contributed by atoms with Gasteiger partial charge in [-0.15, -0.1) is 0 Å². The normalized spacial score (nSPS) is 22.5. The fourth-order valence-corrected chi connectivity index (χ4v) is 4.01. The van der Waals surface area contributed by atoms with E-state index in [0.29, 0.717) is 5.92 Å². The number of nitrogens with zero attached hydrogens (tertiary/aromatic N) is 2. The van der Waals surface area contributed by atoms with Crippen molar-refractivity contribution < 1.29 is 9.53 Å². The summed E-state index contributed by atoms with van der Waals surface area (Å²) in [4.78, 5) is 15.1. The van der Waals surface area contributed by atoms with E-state index in [1.807, 2.05) is 22.7 Å². The topological polar surface area (TPSA) is 46.0 Å². The third-order valence-electron chi connectivity index (χ3n) is 5.45. The summed E-state index contributed by atoms with van der Waals surface area (Å²) in [5, 5.41) is 3.22. The molecule has 0 unspecified atom stereocenters. The van der Waals surface area contributed by atoms with E-state index in [2.05, 4.69) is 29.4 Å². The van der Waals surface area contributed by atoms with Crippen molar-refractivity contribution in [1.29, 1.82) is 0 Å². The lowest BCUT2D eigenvalue weighted by Crippen LogP contribution is -2.45. The number of carbonyl (C=O) groups excluding carboxylic acids is 1. The van der Waals surface area contributed by atoms with Crippen LogP contribution in [0.3, 0.4) is 0 Å². The Morgan fingerprint density at radius 3 is 2.84 bits per heavy atom. The van der Waals surface area contributed by atoms with Crippen molar-refractivity contribution in [2.45, 2.75) is 32.2 Å². The fourth-order valence-electron chi connectivity index (χ4n) is 4.01. The number of hydrogen-bond donors (Lipinski definition) is 1. The molecule has 4 heterocycles. The van der Waals surface area contributed by atoms with Crippen LogP contribution in [0.4, 0.5) is 0 Å². The molecule has 2 saturated heterocycles. The lowest BCUT2D eigenvalue weighted by atomic mass is 10.0. The largest absolute Gasteiger partial charge is 0.381 e. The van der Waals surface area contributed by atoms with Crippen LogP contribution in [0.5, 0.6) is 0 Å². The molecule has 2 aliphatic rings. The van der Waals surface area contributed by atoms with Gasteiger partial charge in [0.15, 0.2) is 0 Å². The number of pyridine rings is 1. The van der Waals surface area contributed by atoms with Gasteiger partial charge in [-0.25, -0.2) is 0 Å². The monoisotopic (exact) mass is 341 g/mol. The predicted octanol–water partition coefficient (Wildman–Crippen LogP) is 2.48. The molecule has 1 atom stereocenters. The quantitative estimate of drug-likeness (QED) is 0.929. The van der Waals surface area contributed by atoms with Crippen LogP contribution in [-0.4, -0.2) is 54.1 Å². The molecular formula is C20H27N3O2. The molecule has 25 heavy (non-hydrogen) atoms. The van der Waals surface area contributed by atoms with E-state index in [4.69, 9.17) is 4.74 Å². The van der Waals surface area contributed by atoms with Crippen LogP contribution in [0.15, 0.2) is 30.6 Å². The van der Waals surface area contributed by atoms with Gasteiger partial charge in [0.05, 0.1) is 12.2 Å². The first-order valence-corrected chi connectivity index (χ1v) is 9.37. The number of aromatic nitrogens is 1. The Morgan fingerprint density at radius 1 is 1.24 bits per heavy atom. The second-order valence-corrected chi connectivity index (χ2v) is 7.55. The van der Waals surface area contributed by atoms with Gasteiger partial charge < -0.3 is 19.4 Å². The molecular weight excluding hydrogens is 314 g/mol. The summed E-state index contributed by atoms with van der Waals surface area (Å²) < 4.78 is 7.49. The number of piperidine rings is 1. The van der Waals surface area contributed by atoms with E-state index < -0.39 is 0 Å². The van der Waals surface area contributed by atoms with Gasteiger partial charge in [0.25, 0.3) is 5.91 Å². The summed E-state index contributed by atoms with van der Waals surface area (Å²) in [5.74, 6) is 0.735. The second kappa shape index (κ2) is 7.18. The fraction of sp³-hybridized carbons (Fsp3) is 0.550. The summed E-state index contributed by atoms with van der Waals surface area (Å²) in [6, 6.07) is 6.33. The van der Waals surface area contributed by atoms with Crippen molar-refractivity contribution in [1.82, 2.24) is 14.6 Å². The van der Waals surface area contributed by atoms with Crippen molar-refractivity contribution in [3.63, 3.8) is 0 Å². The summed E-state index contributed by atoms with van der Waals surface area (Å²) in [5.41, 5.74) is 3.06. The number of fused-ring (bicyclic) bond motifs is 1. The minimum absolute atomic E-state index is 0.0379.